The quantitative estimate of drug-likeness (QED) is 0.863. The van der Waals surface area contributed by atoms with Crippen LogP contribution in [0.2, 0.25) is 0 Å². The van der Waals surface area contributed by atoms with Gasteiger partial charge in [-0.25, -0.2) is 0 Å². The summed E-state index contributed by atoms with van der Waals surface area (Å²) in [6.07, 6.45) is 0. The predicted octanol–water partition coefficient (Wildman–Crippen LogP) is 3.53. The molecule has 0 spiro atoms. The highest BCUT2D eigenvalue weighted by atomic mass is 16.5. The van der Waals surface area contributed by atoms with E-state index in [4.69, 9.17) is 4.74 Å². The van der Waals surface area contributed by atoms with Gasteiger partial charge < -0.3 is 15.0 Å². The first-order valence-corrected chi connectivity index (χ1v) is 8.60. The predicted molar refractivity (Wildman–Crippen MR) is 103 cm³/mol. The number of carbonyl (C=O) groups excluding carboxylic acids is 2. The Kier molecular flexibility index (Phi) is 6.39. The van der Waals surface area contributed by atoms with Crippen molar-refractivity contribution in [1.29, 1.82) is 0 Å². The summed E-state index contributed by atoms with van der Waals surface area (Å²) in [6, 6.07) is 17.1. The van der Waals surface area contributed by atoms with Crippen LogP contribution in [0.15, 0.2) is 54.6 Å². The summed E-state index contributed by atoms with van der Waals surface area (Å²) in [5.74, 6) is 0.323. The van der Waals surface area contributed by atoms with Crippen LogP contribution in [0.25, 0.3) is 0 Å². The van der Waals surface area contributed by atoms with Crippen LogP contribution in [0.5, 0.6) is 5.75 Å². The van der Waals surface area contributed by atoms with E-state index in [0.717, 1.165) is 5.56 Å². The second-order valence-electron chi connectivity index (χ2n) is 7.17. The average Bonchev–Trinajstić information content (AvgIpc) is 2.57. The van der Waals surface area contributed by atoms with Crippen molar-refractivity contribution >= 4 is 17.5 Å². The van der Waals surface area contributed by atoms with Crippen LogP contribution in [-0.2, 0) is 16.2 Å². The van der Waals surface area contributed by atoms with E-state index < -0.39 is 0 Å². The van der Waals surface area contributed by atoms with Gasteiger partial charge in [-0.1, -0.05) is 30.3 Å². The number of hydrogen-bond acceptors (Lipinski definition) is 3. The Bertz CT molecular complexity index is 734. The lowest BCUT2D eigenvalue weighted by Gasteiger charge is -2.25. The van der Waals surface area contributed by atoms with E-state index in [-0.39, 0.29) is 23.9 Å². The lowest BCUT2D eigenvalue weighted by Crippen LogP contribution is -2.47. The van der Waals surface area contributed by atoms with Crippen molar-refractivity contribution in [3.05, 3.63) is 60.2 Å². The number of nitrogens with one attached hydrogen (secondary N) is 1. The van der Waals surface area contributed by atoms with Crippen molar-refractivity contribution < 1.29 is 14.3 Å². The maximum Gasteiger partial charge on any atom is 0.240 e. The number of rotatable bonds is 6. The molecule has 2 amide bonds. The molecule has 0 aromatic heterocycles. The van der Waals surface area contributed by atoms with Gasteiger partial charge in [0.25, 0.3) is 0 Å². The third-order valence-corrected chi connectivity index (χ3v) is 3.59. The summed E-state index contributed by atoms with van der Waals surface area (Å²) in [5.41, 5.74) is 1.41. The number of carbonyl (C=O) groups is 2. The van der Waals surface area contributed by atoms with E-state index in [1.165, 1.54) is 11.8 Å². The average molecular weight is 354 g/mol. The zero-order valence-electron chi connectivity index (χ0n) is 15.8. The molecule has 0 fully saturated rings. The third kappa shape index (κ3) is 6.24. The molecular weight excluding hydrogens is 328 g/mol. The second kappa shape index (κ2) is 8.52. The molecule has 0 aliphatic rings. The number of nitrogens with zero attached hydrogens (tertiary/aromatic N) is 1. The maximum atomic E-state index is 12.1. The fourth-order valence-electron chi connectivity index (χ4n) is 2.45. The number of ether oxygens (including phenoxy) is 1. The zero-order chi connectivity index (χ0) is 19.2. The fraction of sp³-hybridized carbons (Fsp3) is 0.333. The van der Waals surface area contributed by atoms with Crippen LogP contribution in [0.3, 0.4) is 0 Å². The second-order valence-corrected chi connectivity index (χ2v) is 7.17. The van der Waals surface area contributed by atoms with Crippen LogP contribution in [0, 0.1) is 0 Å². The SMILES string of the molecule is CC(=O)N(CC(=O)NC(C)(C)C)c1ccc(OCc2ccccc2)cc1. The molecule has 1 N–H and O–H groups in total. The van der Waals surface area contributed by atoms with Crippen molar-refractivity contribution in [1.82, 2.24) is 5.32 Å². The van der Waals surface area contributed by atoms with Crippen LogP contribution >= 0.6 is 0 Å². The molecule has 5 nitrogen and oxygen atoms in total. The van der Waals surface area contributed by atoms with Crippen LogP contribution < -0.4 is 15.0 Å². The normalized spacial score (nSPS) is 10.9. The van der Waals surface area contributed by atoms with Gasteiger partial charge in [0.2, 0.25) is 11.8 Å². The molecule has 2 aromatic rings. The van der Waals surface area contributed by atoms with Gasteiger partial charge in [0.05, 0.1) is 0 Å². The minimum Gasteiger partial charge on any atom is -0.489 e. The molecule has 0 unspecified atom stereocenters. The number of amides is 2. The van der Waals surface area contributed by atoms with Gasteiger partial charge >= 0.3 is 0 Å². The minimum atomic E-state index is -0.339. The summed E-state index contributed by atoms with van der Waals surface area (Å²) in [4.78, 5) is 25.5. The van der Waals surface area contributed by atoms with Crippen molar-refractivity contribution in [2.45, 2.75) is 39.8 Å². The van der Waals surface area contributed by atoms with Crippen molar-refractivity contribution in [2.24, 2.45) is 0 Å². The van der Waals surface area contributed by atoms with E-state index in [1.807, 2.05) is 51.1 Å². The largest absolute Gasteiger partial charge is 0.489 e. The highest BCUT2D eigenvalue weighted by Gasteiger charge is 2.19. The topological polar surface area (TPSA) is 58.6 Å². The summed E-state index contributed by atoms with van der Waals surface area (Å²) < 4.78 is 5.75. The smallest absolute Gasteiger partial charge is 0.240 e. The number of hydrogen-bond donors (Lipinski definition) is 1. The molecule has 2 aromatic carbocycles. The molecule has 0 saturated carbocycles. The van der Waals surface area contributed by atoms with Crippen LogP contribution in [0.4, 0.5) is 5.69 Å². The molecule has 26 heavy (non-hydrogen) atoms. The number of benzene rings is 2. The lowest BCUT2D eigenvalue weighted by molar-refractivity contribution is -0.124. The maximum absolute atomic E-state index is 12.1. The molecule has 5 heteroatoms. The van der Waals surface area contributed by atoms with Gasteiger partial charge in [0.15, 0.2) is 0 Å². The standard InChI is InChI=1S/C21H26N2O3/c1-16(24)23(14-20(25)22-21(2,3)4)18-10-12-19(13-11-18)26-15-17-8-6-5-7-9-17/h5-13H,14-15H2,1-4H3,(H,22,25). The molecule has 0 saturated heterocycles. The van der Waals surface area contributed by atoms with Gasteiger partial charge in [-0.2, -0.15) is 0 Å². The van der Waals surface area contributed by atoms with Gasteiger partial charge in [-0.05, 0) is 50.6 Å². The first-order valence-electron chi connectivity index (χ1n) is 8.60. The van der Waals surface area contributed by atoms with E-state index in [9.17, 15) is 9.59 Å². The van der Waals surface area contributed by atoms with Crippen molar-refractivity contribution in [3.63, 3.8) is 0 Å². The first-order chi connectivity index (χ1) is 12.2. The minimum absolute atomic E-state index is 0.0170. The van der Waals surface area contributed by atoms with Crippen molar-refractivity contribution in [2.75, 3.05) is 11.4 Å². The van der Waals surface area contributed by atoms with Crippen LogP contribution in [-0.4, -0.2) is 23.9 Å². The molecule has 0 aliphatic heterocycles. The molecule has 138 valence electrons. The zero-order valence-corrected chi connectivity index (χ0v) is 15.8. The Balaban J connectivity index is 2.01. The Morgan fingerprint density at radius 3 is 2.15 bits per heavy atom. The van der Waals surface area contributed by atoms with E-state index in [2.05, 4.69) is 5.32 Å². The highest BCUT2D eigenvalue weighted by molar-refractivity contribution is 5.97. The molecular formula is C21H26N2O3. The van der Waals surface area contributed by atoms with Crippen molar-refractivity contribution in [3.8, 4) is 5.75 Å². The van der Waals surface area contributed by atoms with Gasteiger partial charge in [-0.15, -0.1) is 0 Å². The fourth-order valence-corrected chi connectivity index (χ4v) is 2.45. The Morgan fingerprint density at radius 1 is 1.00 bits per heavy atom. The van der Waals surface area contributed by atoms with E-state index in [1.54, 1.807) is 24.3 Å². The summed E-state index contributed by atoms with van der Waals surface area (Å²) >= 11 is 0. The molecule has 0 heterocycles. The summed E-state index contributed by atoms with van der Waals surface area (Å²) in [5, 5.41) is 2.87. The molecule has 2 rings (SSSR count). The lowest BCUT2D eigenvalue weighted by atomic mass is 10.1. The molecule has 0 atom stereocenters. The molecule has 0 radical (unpaired) electrons. The van der Waals surface area contributed by atoms with E-state index in [0.29, 0.717) is 18.0 Å². The van der Waals surface area contributed by atoms with Gasteiger partial charge in [0.1, 0.15) is 18.9 Å². The van der Waals surface area contributed by atoms with E-state index >= 15 is 0 Å². The Morgan fingerprint density at radius 2 is 1.62 bits per heavy atom. The first kappa shape index (κ1) is 19.5. The van der Waals surface area contributed by atoms with Crippen LogP contribution in [0.1, 0.15) is 33.3 Å². The third-order valence-electron chi connectivity index (χ3n) is 3.59. The monoisotopic (exact) mass is 354 g/mol. The summed E-state index contributed by atoms with van der Waals surface area (Å²) in [6.45, 7) is 7.62. The Labute approximate surface area is 155 Å². The molecule has 0 aliphatic carbocycles. The Hall–Kier alpha value is -2.82. The van der Waals surface area contributed by atoms with Gasteiger partial charge in [-0.3, -0.25) is 9.59 Å². The number of anilines is 1. The molecule has 0 bridgehead atoms. The highest BCUT2D eigenvalue weighted by Crippen LogP contribution is 2.20. The summed E-state index contributed by atoms with van der Waals surface area (Å²) in [7, 11) is 0. The van der Waals surface area contributed by atoms with Gasteiger partial charge in [0, 0.05) is 18.2 Å².